The fourth-order valence-corrected chi connectivity index (χ4v) is 6.15. The summed E-state index contributed by atoms with van der Waals surface area (Å²) in [5.41, 5.74) is 1.69. The molecule has 1 aromatic heterocycles. The molecule has 1 amide bonds. The molecular weight excluding hydrogens is 406 g/mol. The van der Waals surface area contributed by atoms with Gasteiger partial charge in [-0.1, -0.05) is 19.8 Å². The van der Waals surface area contributed by atoms with Crippen LogP contribution in [0.15, 0.2) is 35.7 Å². The Morgan fingerprint density at radius 2 is 1.97 bits per heavy atom. The van der Waals surface area contributed by atoms with E-state index in [4.69, 9.17) is 4.74 Å². The van der Waals surface area contributed by atoms with Crippen molar-refractivity contribution < 1.29 is 17.9 Å². The van der Waals surface area contributed by atoms with Crippen molar-refractivity contribution in [3.05, 3.63) is 51.7 Å². The van der Waals surface area contributed by atoms with Crippen molar-refractivity contribution in [1.29, 1.82) is 0 Å². The third-order valence-corrected chi connectivity index (χ3v) is 8.07. The molecule has 7 heteroatoms. The molecule has 1 aliphatic heterocycles. The van der Waals surface area contributed by atoms with Crippen LogP contribution in [0.5, 0.6) is 5.75 Å². The lowest BCUT2D eigenvalue weighted by Crippen LogP contribution is -2.40. The van der Waals surface area contributed by atoms with E-state index in [0.717, 1.165) is 35.5 Å². The molecule has 0 saturated carbocycles. The van der Waals surface area contributed by atoms with Crippen molar-refractivity contribution in [2.75, 3.05) is 18.1 Å². The molecule has 0 spiro atoms. The zero-order chi connectivity index (χ0) is 20.9. The molecule has 29 heavy (non-hydrogen) atoms. The van der Waals surface area contributed by atoms with Gasteiger partial charge in [-0.15, -0.1) is 11.3 Å². The zero-order valence-corrected chi connectivity index (χ0v) is 18.7. The number of carbonyl (C=O) groups excluding carboxylic acids is 1. The number of benzene rings is 1. The van der Waals surface area contributed by atoms with Gasteiger partial charge in [-0.25, -0.2) is 8.42 Å². The van der Waals surface area contributed by atoms with Crippen molar-refractivity contribution in [3.8, 4) is 5.75 Å². The summed E-state index contributed by atoms with van der Waals surface area (Å²) >= 11 is 1.60. The molecule has 0 aliphatic carbocycles. The zero-order valence-electron chi connectivity index (χ0n) is 17.1. The first-order chi connectivity index (χ1) is 13.9. The molecular formula is C22H29NO4S2. The highest BCUT2D eigenvalue weighted by Gasteiger charge is 2.35. The number of amides is 1. The smallest absolute Gasteiger partial charge is 0.254 e. The van der Waals surface area contributed by atoms with Gasteiger partial charge < -0.3 is 9.64 Å². The van der Waals surface area contributed by atoms with Gasteiger partial charge in [-0.2, -0.15) is 0 Å². The van der Waals surface area contributed by atoms with Gasteiger partial charge in [-0.05, 0) is 61.0 Å². The van der Waals surface area contributed by atoms with Gasteiger partial charge in [0.25, 0.3) is 5.91 Å². The van der Waals surface area contributed by atoms with Crippen LogP contribution in [0.4, 0.5) is 0 Å². The third-order valence-electron chi connectivity index (χ3n) is 5.31. The summed E-state index contributed by atoms with van der Waals surface area (Å²) in [7, 11) is -3.08. The molecule has 0 bridgehead atoms. The van der Waals surface area contributed by atoms with E-state index in [1.54, 1.807) is 28.4 Å². The third kappa shape index (κ3) is 5.82. The van der Waals surface area contributed by atoms with Crippen LogP contribution < -0.4 is 4.74 Å². The first-order valence-electron chi connectivity index (χ1n) is 10.2. The van der Waals surface area contributed by atoms with Gasteiger partial charge in [0.05, 0.1) is 24.7 Å². The number of carbonyl (C=O) groups is 1. The second kappa shape index (κ2) is 9.76. The second-order valence-corrected chi connectivity index (χ2v) is 10.8. The molecule has 1 atom stereocenters. The van der Waals surface area contributed by atoms with Crippen LogP contribution in [-0.2, 0) is 16.4 Å². The van der Waals surface area contributed by atoms with Crippen LogP contribution >= 0.6 is 11.3 Å². The summed E-state index contributed by atoms with van der Waals surface area (Å²) < 4.78 is 29.8. The maximum atomic E-state index is 13.3. The maximum Gasteiger partial charge on any atom is 0.254 e. The Labute approximate surface area is 177 Å². The number of hydrogen-bond donors (Lipinski definition) is 0. The Kier molecular flexibility index (Phi) is 7.35. The van der Waals surface area contributed by atoms with Crippen LogP contribution in [-0.4, -0.2) is 43.4 Å². The van der Waals surface area contributed by atoms with Crippen molar-refractivity contribution in [3.63, 3.8) is 0 Å². The van der Waals surface area contributed by atoms with E-state index in [-0.39, 0.29) is 23.5 Å². The van der Waals surface area contributed by atoms with E-state index < -0.39 is 9.84 Å². The van der Waals surface area contributed by atoms with Gasteiger partial charge >= 0.3 is 0 Å². The molecule has 0 radical (unpaired) electrons. The molecule has 5 nitrogen and oxygen atoms in total. The number of unbranched alkanes of at least 4 members (excludes halogenated alkanes) is 2. The quantitative estimate of drug-likeness (QED) is 0.546. The van der Waals surface area contributed by atoms with Crippen molar-refractivity contribution in [2.45, 2.75) is 52.1 Å². The van der Waals surface area contributed by atoms with E-state index in [1.165, 1.54) is 0 Å². The summed E-state index contributed by atoms with van der Waals surface area (Å²) in [5, 5.41) is 2.00. The van der Waals surface area contributed by atoms with Gasteiger partial charge in [0, 0.05) is 16.5 Å². The molecule has 1 saturated heterocycles. The fraction of sp³-hybridized carbons (Fsp3) is 0.500. The number of sulfone groups is 1. The van der Waals surface area contributed by atoms with Gasteiger partial charge in [0.2, 0.25) is 0 Å². The number of hydrogen-bond acceptors (Lipinski definition) is 5. The van der Waals surface area contributed by atoms with Crippen molar-refractivity contribution in [2.24, 2.45) is 0 Å². The van der Waals surface area contributed by atoms with E-state index in [2.05, 4.69) is 6.92 Å². The molecule has 1 aromatic carbocycles. The maximum absolute atomic E-state index is 13.3. The Balaban J connectivity index is 1.74. The van der Waals surface area contributed by atoms with Crippen LogP contribution in [0, 0.1) is 6.92 Å². The van der Waals surface area contributed by atoms with Gasteiger partial charge in [-0.3, -0.25) is 4.79 Å². The summed E-state index contributed by atoms with van der Waals surface area (Å²) in [6, 6.07) is 8.93. The number of ether oxygens (including phenoxy) is 1. The molecule has 0 unspecified atom stereocenters. The summed E-state index contributed by atoms with van der Waals surface area (Å²) in [6.45, 7) is 5.28. The fourth-order valence-electron chi connectivity index (χ4n) is 3.51. The average Bonchev–Trinajstić information content (AvgIpc) is 3.27. The average molecular weight is 436 g/mol. The van der Waals surface area contributed by atoms with E-state index >= 15 is 0 Å². The molecule has 2 heterocycles. The lowest BCUT2D eigenvalue weighted by atomic mass is 10.1. The van der Waals surface area contributed by atoms with Crippen LogP contribution in [0.3, 0.4) is 0 Å². The van der Waals surface area contributed by atoms with E-state index in [9.17, 15) is 13.2 Å². The van der Waals surface area contributed by atoms with Crippen LogP contribution in [0.2, 0.25) is 0 Å². The first kappa shape index (κ1) is 21.8. The van der Waals surface area contributed by atoms with Crippen molar-refractivity contribution >= 4 is 27.1 Å². The Bertz CT molecular complexity index is 919. The largest absolute Gasteiger partial charge is 0.494 e. The predicted octanol–water partition coefficient (Wildman–Crippen LogP) is 4.46. The second-order valence-electron chi connectivity index (χ2n) is 7.60. The minimum atomic E-state index is -3.08. The van der Waals surface area contributed by atoms with Gasteiger partial charge in [0.1, 0.15) is 5.75 Å². The summed E-state index contributed by atoms with van der Waals surface area (Å²) in [5.74, 6) is 0.816. The van der Waals surface area contributed by atoms with E-state index in [1.807, 2.05) is 30.5 Å². The number of aryl methyl sites for hydroxylation is 1. The topological polar surface area (TPSA) is 63.7 Å². The minimum Gasteiger partial charge on any atom is -0.494 e. The standard InChI is InChI=1S/C22H29NO4S2/c1-3-4-5-12-27-20-8-6-18(7-9-20)22(24)23(15-21-17(2)10-13-28-21)19-11-14-29(25,26)16-19/h6-10,13,19H,3-5,11-12,14-16H2,1-2H3/t19-/m0/s1. The number of nitrogens with zero attached hydrogens (tertiary/aromatic N) is 1. The predicted molar refractivity (Wildman–Crippen MR) is 117 cm³/mol. The highest BCUT2D eigenvalue weighted by Crippen LogP contribution is 2.26. The minimum absolute atomic E-state index is 0.0434. The molecule has 158 valence electrons. The lowest BCUT2D eigenvalue weighted by molar-refractivity contribution is 0.0683. The molecule has 0 N–H and O–H groups in total. The number of rotatable bonds is 9. The van der Waals surface area contributed by atoms with Crippen LogP contribution in [0.1, 0.15) is 53.4 Å². The van der Waals surface area contributed by atoms with Crippen molar-refractivity contribution in [1.82, 2.24) is 4.90 Å². The molecule has 1 fully saturated rings. The van der Waals surface area contributed by atoms with Crippen LogP contribution in [0.25, 0.3) is 0 Å². The molecule has 2 aromatic rings. The summed E-state index contributed by atoms with van der Waals surface area (Å²) in [6.07, 6.45) is 3.80. The first-order valence-corrected chi connectivity index (χ1v) is 12.9. The Morgan fingerprint density at radius 1 is 1.21 bits per heavy atom. The molecule has 3 rings (SSSR count). The summed E-state index contributed by atoms with van der Waals surface area (Å²) in [4.78, 5) is 16.1. The van der Waals surface area contributed by atoms with E-state index in [0.29, 0.717) is 25.1 Å². The highest BCUT2D eigenvalue weighted by molar-refractivity contribution is 7.91. The Hall–Kier alpha value is -1.86. The normalized spacial score (nSPS) is 17.9. The molecule has 1 aliphatic rings. The highest BCUT2D eigenvalue weighted by atomic mass is 32.2. The number of thiophene rings is 1. The SMILES string of the molecule is CCCCCOc1ccc(C(=O)N(Cc2sccc2C)[C@H]2CCS(=O)(=O)C2)cc1. The lowest BCUT2D eigenvalue weighted by Gasteiger charge is -2.28. The monoisotopic (exact) mass is 435 g/mol. The van der Waals surface area contributed by atoms with Gasteiger partial charge in [0.15, 0.2) is 9.84 Å². The Morgan fingerprint density at radius 3 is 2.55 bits per heavy atom.